The summed E-state index contributed by atoms with van der Waals surface area (Å²) in [6, 6.07) is 0. The van der Waals surface area contributed by atoms with Crippen LogP contribution in [0, 0.1) is 11.8 Å². The Hall–Kier alpha value is -0.420. The second-order valence-corrected chi connectivity index (χ2v) is 8.17. The van der Waals surface area contributed by atoms with Crippen molar-refractivity contribution >= 4 is 15.6 Å². The van der Waals surface area contributed by atoms with Crippen molar-refractivity contribution in [2.24, 2.45) is 11.8 Å². The SMILES string of the molecule is CS(=O)(=O)C1CCCC(C(=O)CC2CCNC2)C1. The number of carbonyl (C=O) groups excluding carboxylic acids is 1. The Morgan fingerprint density at radius 2 is 2.06 bits per heavy atom. The molecule has 0 aromatic carbocycles. The molecule has 2 rings (SSSR count). The molecule has 0 radical (unpaired) electrons. The number of hydrogen-bond acceptors (Lipinski definition) is 4. The van der Waals surface area contributed by atoms with Crippen molar-refractivity contribution in [1.29, 1.82) is 0 Å². The maximum Gasteiger partial charge on any atom is 0.150 e. The fraction of sp³-hybridized carbons (Fsp3) is 0.923. The summed E-state index contributed by atoms with van der Waals surface area (Å²) in [7, 11) is -2.98. The van der Waals surface area contributed by atoms with Crippen LogP contribution in [0.25, 0.3) is 0 Å². The van der Waals surface area contributed by atoms with Crippen molar-refractivity contribution in [1.82, 2.24) is 5.32 Å². The highest BCUT2D eigenvalue weighted by Crippen LogP contribution is 2.31. The second-order valence-electron chi connectivity index (χ2n) is 5.84. The van der Waals surface area contributed by atoms with Gasteiger partial charge in [0.15, 0.2) is 0 Å². The van der Waals surface area contributed by atoms with Gasteiger partial charge in [-0.3, -0.25) is 4.79 Å². The highest BCUT2D eigenvalue weighted by Gasteiger charge is 2.33. The van der Waals surface area contributed by atoms with Gasteiger partial charge in [-0.05, 0) is 44.7 Å². The Kier molecular flexibility index (Phi) is 4.43. The normalized spacial score (nSPS) is 33.5. The highest BCUT2D eigenvalue weighted by molar-refractivity contribution is 7.91. The number of Topliss-reactive ketones (excluding diaryl/α,β-unsaturated/α-hetero) is 1. The number of sulfone groups is 1. The van der Waals surface area contributed by atoms with Crippen LogP contribution in [0.2, 0.25) is 0 Å². The summed E-state index contributed by atoms with van der Waals surface area (Å²) < 4.78 is 23.2. The summed E-state index contributed by atoms with van der Waals surface area (Å²) in [5.74, 6) is 0.743. The molecule has 4 nitrogen and oxygen atoms in total. The van der Waals surface area contributed by atoms with Crippen molar-refractivity contribution in [2.45, 2.75) is 43.8 Å². The van der Waals surface area contributed by atoms with Gasteiger partial charge in [0.1, 0.15) is 15.6 Å². The summed E-state index contributed by atoms with van der Waals surface area (Å²) in [6.45, 7) is 1.95. The van der Waals surface area contributed by atoms with Gasteiger partial charge in [-0.1, -0.05) is 6.42 Å². The van der Waals surface area contributed by atoms with E-state index < -0.39 is 9.84 Å². The lowest BCUT2D eigenvalue weighted by Gasteiger charge is -2.27. The minimum Gasteiger partial charge on any atom is -0.316 e. The van der Waals surface area contributed by atoms with Gasteiger partial charge in [0.2, 0.25) is 0 Å². The molecule has 2 fully saturated rings. The van der Waals surface area contributed by atoms with Gasteiger partial charge < -0.3 is 5.32 Å². The lowest BCUT2D eigenvalue weighted by atomic mass is 9.83. The van der Waals surface area contributed by atoms with E-state index in [0.29, 0.717) is 18.8 Å². The monoisotopic (exact) mass is 273 g/mol. The molecule has 2 aliphatic rings. The number of rotatable bonds is 4. The number of ketones is 1. The van der Waals surface area contributed by atoms with Crippen LogP contribution in [0.4, 0.5) is 0 Å². The average Bonchev–Trinajstić information content (AvgIpc) is 2.81. The maximum atomic E-state index is 12.2. The molecule has 1 saturated carbocycles. The molecular weight excluding hydrogens is 250 g/mol. The van der Waals surface area contributed by atoms with Gasteiger partial charge in [-0.2, -0.15) is 0 Å². The number of hydrogen-bond donors (Lipinski definition) is 1. The minimum absolute atomic E-state index is 0.0147. The Morgan fingerprint density at radius 1 is 1.28 bits per heavy atom. The number of nitrogens with one attached hydrogen (secondary N) is 1. The Balaban J connectivity index is 1.89. The van der Waals surface area contributed by atoms with Gasteiger partial charge in [0, 0.05) is 18.6 Å². The first kappa shape index (κ1) is 14.0. The topological polar surface area (TPSA) is 63.2 Å². The Bertz CT molecular complexity index is 398. The smallest absolute Gasteiger partial charge is 0.150 e. The van der Waals surface area contributed by atoms with Crippen LogP contribution in [-0.2, 0) is 14.6 Å². The predicted molar refractivity (Wildman–Crippen MR) is 71.2 cm³/mol. The molecule has 3 atom stereocenters. The molecule has 0 aromatic heterocycles. The molecule has 3 unspecified atom stereocenters. The van der Waals surface area contributed by atoms with Gasteiger partial charge >= 0.3 is 0 Å². The second kappa shape index (κ2) is 5.70. The van der Waals surface area contributed by atoms with Crippen LogP contribution in [-0.4, -0.2) is 38.8 Å². The van der Waals surface area contributed by atoms with Crippen molar-refractivity contribution in [2.75, 3.05) is 19.3 Å². The third-order valence-corrected chi connectivity index (χ3v) is 5.98. The van der Waals surface area contributed by atoms with Crippen LogP contribution < -0.4 is 5.32 Å². The van der Waals surface area contributed by atoms with E-state index in [9.17, 15) is 13.2 Å². The highest BCUT2D eigenvalue weighted by atomic mass is 32.2. The van der Waals surface area contributed by atoms with Crippen LogP contribution in [0.1, 0.15) is 38.5 Å². The van der Waals surface area contributed by atoms with Gasteiger partial charge in [-0.15, -0.1) is 0 Å². The lowest BCUT2D eigenvalue weighted by molar-refractivity contribution is -0.124. The fourth-order valence-electron chi connectivity index (χ4n) is 3.17. The van der Waals surface area contributed by atoms with E-state index in [1.54, 1.807) is 0 Å². The van der Waals surface area contributed by atoms with Crippen molar-refractivity contribution in [3.8, 4) is 0 Å². The van der Waals surface area contributed by atoms with Crippen LogP contribution in [0.5, 0.6) is 0 Å². The fourth-order valence-corrected chi connectivity index (χ4v) is 4.34. The minimum atomic E-state index is -2.98. The molecule has 0 amide bonds. The summed E-state index contributed by atoms with van der Waals surface area (Å²) in [5.41, 5.74) is 0. The van der Waals surface area contributed by atoms with Gasteiger partial charge in [0.05, 0.1) is 5.25 Å². The standard InChI is InChI=1S/C13H23NO3S/c1-18(16,17)12-4-2-3-11(8-12)13(15)7-10-5-6-14-9-10/h10-12,14H,2-9H2,1H3. The first-order chi connectivity index (χ1) is 8.47. The summed E-state index contributed by atoms with van der Waals surface area (Å²) in [5, 5.41) is 2.98. The molecule has 104 valence electrons. The van der Waals surface area contributed by atoms with Gasteiger partial charge in [0.25, 0.3) is 0 Å². The zero-order valence-corrected chi connectivity index (χ0v) is 11.8. The van der Waals surface area contributed by atoms with Crippen LogP contribution >= 0.6 is 0 Å². The molecule has 1 aliphatic heterocycles. The largest absolute Gasteiger partial charge is 0.316 e. The van der Waals surface area contributed by atoms with E-state index in [1.165, 1.54) is 6.26 Å². The molecule has 0 bridgehead atoms. The van der Waals surface area contributed by atoms with Crippen LogP contribution in [0.15, 0.2) is 0 Å². The summed E-state index contributed by atoms with van der Waals surface area (Å²) in [4.78, 5) is 12.2. The molecule has 18 heavy (non-hydrogen) atoms. The van der Waals surface area contributed by atoms with E-state index >= 15 is 0 Å². The summed E-state index contributed by atoms with van der Waals surface area (Å²) >= 11 is 0. The molecular formula is C13H23NO3S. The lowest BCUT2D eigenvalue weighted by Crippen LogP contribution is -2.31. The van der Waals surface area contributed by atoms with Gasteiger partial charge in [-0.25, -0.2) is 8.42 Å². The van der Waals surface area contributed by atoms with Crippen molar-refractivity contribution in [3.05, 3.63) is 0 Å². The quantitative estimate of drug-likeness (QED) is 0.835. The van der Waals surface area contributed by atoms with E-state index in [4.69, 9.17) is 0 Å². The molecule has 1 N–H and O–H groups in total. The molecule has 1 aliphatic carbocycles. The Labute approximate surface area is 109 Å². The zero-order chi connectivity index (χ0) is 13.2. The van der Waals surface area contributed by atoms with Crippen molar-refractivity contribution < 1.29 is 13.2 Å². The predicted octanol–water partition coefficient (Wildman–Crippen LogP) is 1.16. The molecule has 1 saturated heterocycles. The summed E-state index contributed by atoms with van der Waals surface area (Å²) in [6.07, 6.45) is 6.04. The first-order valence-electron chi connectivity index (χ1n) is 6.89. The van der Waals surface area contributed by atoms with Crippen LogP contribution in [0.3, 0.4) is 0 Å². The van der Waals surface area contributed by atoms with E-state index in [1.807, 2.05) is 0 Å². The van der Waals surface area contributed by atoms with E-state index in [2.05, 4.69) is 5.32 Å². The average molecular weight is 273 g/mol. The molecule has 5 heteroatoms. The van der Waals surface area contributed by atoms with Crippen molar-refractivity contribution in [3.63, 3.8) is 0 Å². The Morgan fingerprint density at radius 3 is 2.67 bits per heavy atom. The van der Waals surface area contributed by atoms with E-state index in [-0.39, 0.29) is 17.0 Å². The van der Waals surface area contributed by atoms with E-state index in [0.717, 1.165) is 38.8 Å². The third-order valence-electron chi connectivity index (χ3n) is 4.34. The third kappa shape index (κ3) is 3.54. The maximum absolute atomic E-state index is 12.2. The molecule has 0 aromatic rings. The molecule has 0 spiro atoms. The molecule has 1 heterocycles. The first-order valence-corrected chi connectivity index (χ1v) is 8.84. The zero-order valence-electron chi connectivity index (χ0n) is 11.0. The number of carbonyl (C=O) groups is 1.